The maximum atomic E-state index is 12.5. The summed E-state index contributed by atoms with van der Waals surface area (Å²) in [5, 5.41) is 5.16. The molecule has 2 aromatic carbocycles. The van der Waals surface area contributed by atoms with Crippen LogP contribution in [0.2, 0.25) is 0 Å². The lowest BCUT2D eigenvalue weighted by Crippen LogP contribution is -2.51. The molecule has 3 amide bonds. The third-order valence-electron chi connectivity index (χ3n) is 4.59. The van der Waals surface area contributed by atoms with E-state index in [4.69, 9.17) is 4.42 Å². The molecule has 1 fully saturated rings. The molecule has 6 nitrogen and oxygen atoms in total. The van der Waals surface area contributed by atoms with Gasteiger partial charge in [0.15, 0.2) is 5.76 Å². The van der Waals surface area contributed by atoms with Gasteiger partial charge in [0.1, 0.15) is 0 Å². The highest BCUT2D eigenvalue weighted by molar-refractivity contribution is 5.94. The zero-order valence-electron chi connectivity index (χ0n) is 14.2. The summed E-state index contributed by atoms with van der Waals surface area (Å²) in [5.41, 5.74) is 0.766. The van der Waals surface area contributed by atoms with Gasteiger partial charge in [-0.2, -0.15) is 0 Å². The normalized spacial score (nSPS) is 14.5. The van der Waals surface area contributed by atoms with Crippen LogP contribution in [-0.4, -0.2) is 47.9 Å². The van der Waals surface area contributed by atoms with E-state index in [1.54, 1.807) is 21.9 Å². The third-order valence-corrected chi connectivity index (χ3v) is 4.59. The first-order valence-corrected chi connectivity index (χ1v) is 8.58. The number of amides is 3. The Labute approximate surface area is 151 Å². The third kappa shape index (κ3) is 3.26. The van der Waals surface area contributed by atoms with Crippen LogP contribution in [0.5, 0.6) is 0 Å². The number of fused-ring (bicyclic) bond motifs is 1. The number of benzene rings is 2. The van der Waals surface area contributed by atoms with Gasteiger partial charge in [-0.05, 0) is 35.0 Å². The molecule has 26 heavy (non-hydrogen) atoms. The lowest BCUT2D eigenvalue weighted by atomic mass is 10.1. The number of nitrogens with one attached hydrogen (secondary N) is 1. The summed E-state index contributed by atoms with van der Waals surface area (Å²) in [6.45, 7) is 1.97. The largest absolute Gasteiger partial charge is 0.459 e. The topological polar surface area (TPSA) is 65.8 Å². The molecule has 0 spiro atoms. The van der Waals surface area contributed by atoms with Gasteiger partial charge in [0.25, 0.3) is 5.91 Å². The number of hydrogen-bond donors (Lipinski definition) is 1. The standard InChI is InChI=1S/C20H19N3O3/c24-19(18-6-3-13-26-18)22-9-11-23(12-10-22)20(25)21-17-8-7-15-4-1-2-5-16(15)14-17/h1-8,13-14H,9-12H2,(H,21,25). The van der Waals surface area contributed by atoms with Crippen molar-refractivity contribution >= 4 is 28.4 Å². The highest BCUT2D eigenvalue weighted by Gasteiger charge is 2.26. The Kier molecular flexibility index (Phi) is 4.31. The van der Waals surface area contributed by atoms with Crippen LogP contribution in [-0.2, 0) is 0 Å². The van der Waals surface area contributed by atoms with Gasteiger partial charge in [0.2, 0.25) is 0 Å². The van der Waals surface area contributed by atoms with Gasteiger partial charge in [-0.1, -0.05) is 30.3 Å². The predicted molar refractivity (Wildman–Crippen MR) is 99.2 cm³/mol. The van der Waals surface area contributed by atoms with Crippen LogP contribution in [0.3, 0.4) is 0 Å². The number of nitrogens with zero attached hydrogens (tertiary/aromatic N) is 2. The van der Waals surface area contributed by atoms with Crippen molar-refractivity contribution in [3.05, 3.63) is 66.6 Å². The van der Waals surface area contributed by atoms with Crippen LogP contribution in [0.4, 0.5) is 10.5 Å². The molecule has 4 rings (SSSR count). The molecule has 3 aromatic rings. The molecule has 0 aliphatic carbocycles. The minimum absolute atomic E-state index is 0.135. The fourth-order valence-corrected chi connectivity index (χ4v) is 3.14. The zero-order valence-corrected chi connectivity index (χ0v) is 14.2. The molecule has 1 aromatic heterocycles. The summed E-state index contributed by atoms with van der Waals surface area (Å²) in [6, 6.07) is 17.1. The van der Waals surface area contributed by atoms with Crippen molar-refractivity contribution in [2.75, 3.05) is 31.5 Å². The summed E-state index contributed by atoms with van der Waals surface area (Å²) in [7, 11) is 0. The number of hydrogen-bond acceptors (Lipinski definition) is 3. The Hall–Kier alpha value is -3.28. The average Bonchev–Trinajstić information content (AvgIpc) is 3.22. The Morgan fingerprint density at radius 1 is 0.846 bits per heavy atom. The van der Waals surface area contributed by atoms with Crippen molar-refractivity contribution in [2.45, 2.75) is 0 Å². The van der Waals surface area contributed by atoms with Gasteiger partial charge >= 0.3 is 6.03 Å². The monoisotopic (exact) mass is 349 g/mol. The summed E-state index contributed by atoms with van der Waals surface area (Å²) >= 11 is 0. The summed E-state index contributed by atoms with van der Waals surface area (Å²) in [4.78, 5) is 28.2. The lowest BCUT2D eigenvalue weighted by molar-refractivity contribution is 0.0640. The molecular formula is C20H19N3O3. The molecule has 132 valence electrons. The number of rotatable bonds is 2. The molecule has 0 saturated carbocycles. The van der Waals surface area contributed by atoms with Crippen molar-refractivity contribution in [3.8, 4) is 0 Å². The quantitative estimate of drug-likeness (QED) is 0.771. The average molecular weight is 349 g/mol. The second-order valence-corrected chi connectivity index (χ2v) is 6.25. The Morgan fingerprint density at radius 2 is 1.58 bits per heavy atom. The molecular weight excluding hydrogens is 330 g/mol. The maximum Gasteiger partial charge on any atom is 0.321 e. The van der Waals surface area contributed by atoms with Gasteiger partial charge in [0.05, 0.1) is 6.26 Å². The molecule has 1 N–H and O–H groups in total. The van der Waals surface area contributed by atoms with Crippen LogP contribution in [0.1, 0.15) is 10.6 Å². The van der Waals surface area contributed by atoms with E-state index >= 15 is 0 Å². The molecule has 6 heteroatoms. The van der Waals surface area contributed by atoms with Crippen molar-refractivity contribution in [1.82, 2.24) is 9.80 Å². The first-order valence-electron chi connectivity index (χ1n) is 8.58. The van der Waals surface area contributed by atoms with E-state index in [1.165, 1.54) is 6.26 Å². The number of urea groups is 1. The van der Waals surface area contributed by atoms with Crippen molar-refractivity contribution in [1.29, 1.82) is 0 Å². The Balaban J connectivity index is 1.36. The number of anilines is 1. The van der Waals surface area contributed by atoms with E-state index in [0.717, 1.165) is 16.5 Å². The molecule has 0 unspecified atom stereocenters. The van der Waals surface area contributed by atoms with Crippen molar-refractivity contribution in [2.24, 2.45) is 0 Å². The van der Waals surface area contributed by atoms with E-state index in [0.29, 0.717) is 31.9 Å². The summed E-state index contributed by atoms with van der Waals surface area (Å²) in [6.07, 6.45) is 1.49. The molecule has 2 heterocycles. The zero-order chi connectivity index (χ0) is 17.9. The molecule has 1 aliphatic heterocycles. The van der Waals surface area contributed by atoms with Crippen LogP contribution in [0, 0.1) is 0 Å². The molecule has 0 atom stereocenters. The van der Waals surface area contributed by atoms with Gasteiger partial charge in [-0.25, -0.2) is 4.79 Å². The van der Waals surface area contributed by atoms with Crippen LogP contribution in [0.15, 0.2) is 65.3 Å². The predicted octanol–water partition coefficient (Wildman–Crippen LogP) is 3.42. The van der Waals surface area contributed by atoms with Crippen molar-refractivity contribution < 1.29 is 14.0 Å². The number of carbonyl (C=O) groups excluding carboxylic acids is 2. The van der Waals surface area contributed by atoms with Gasteiger partial charge in [-0.3, -0.25) is 4.79 Å². The van der Waals surface area contributed by atoms with Gasteiger partial charge in [0, 0.05) is 31.9 Å². The second-order valence-electron chi connectivity index (χ2n) is 6.25. The van der Waals surface area contributed by atoms with Gasteiger partial charge < -0.3 is 19.5 Å². The molecule has 1 aliphatic rings. The minimum Gasteiger partial charge on any atom is -0.459 e. The fraction of sp³-hybridized carbons (Fsp3) is 0.200. The van der Waals surface area contributed by atoms with Crippen LogP contribution in [0.25, 0.3) is 10.8 Å². The van der Waals surface area contributed by atoms with Gasteiger partial charge in [-0.15, -0.1) is 0 Å². The number of piperazine rings is 1. The Bertz CT molecular complexity index is 928. The smallest absolute Gasteiger partial charge is 0.321 e. The van der Waals surface area contributed by atoms with Crippen LogP contribution < -0.4 is 5.32 Å². The molecule has 1 saturated heterocycles. The minimum atomic E-state index is -0.148. The van der Waals surface area contributed by atoms with E-state index < -0.39 is 0 Å². The lowest BCUT2D eigenvalue weighted by Gasteiger charge is -2.34. The molecule has 0 radical (unpaired) electrons. The van der Waals surface area contributed by atoms with Crippen molar-refractivity contribution in [3.63, 3.8) is 0 Å². The van der Waals surface area contributed by atoms with E-state index in [2.05, 4.69) is 5.32 Å². The first-order chi connectivity index (χ1) is 12.7. The summed E-state index contributed by atoms with van der Waals surface area (Å²) in [5.74, 6) is 0.198. The SMILES string of the molecule is O=C(Nc1ccc2ccccc2c1)N1CCN(C(=O)c2ccco2)CC1. The highest BCUT2D eigenvalue weighted by Crippen LogP contribution is 2.19. The molecule has 0 bridgehead atoms. The number of carbonyl (C=O) groups is 2. The maximum absolute atomic E-state index is 12.5. The van der Waals surface area contributed by atoms with E-state index in [1.807, 2.05) is 42.5 Å². The second kappa shape index (κ2) is 6.92. The van der Waals surface area contributed by atoms with E-state index in [-0.39, 0.29) is 11.9 Å². The van der Waals surface area contributed by atoms with E-state index in [9.17, 15) is 9.59 Å². The fourth-order valence-electron chi connectivity index (χ4n) is 3.14. The Morgan fingerprint density at radius 3 is 2.31 bits per heavy atom. The highest BCUT2D eigenvalue weighted by atomic mass is 16.3. The number of furan rings is 1. The van der Waals surface area contributed by atoms with Crippen LogP contribution >= 0.6 is 0 Å². The summed E-state index contributed by atoms with van der Waals surface area (Å²) < 4.78 is 5.15. The first kappa shape index (κ1) is 16.2.